The summed E-state index contributed by atoms with van der Waals surface area (Å²) in [4.78, 5) is 24.2. The van der Waals surface area contributed by atoms with Crippen LogP contribution in [0.4, 0.5) is 0 Å². The second-order valence-electron chi connectivity index (χ2n) is 3.93. The molecule has 0 saturated heterocycles. The number of amidine groups is 1. The minimum atomic E-state index is -0.225. The Labute approximate surface area is 109 Å². The molecule has 0 bridgehead atoms. The number of amides is 1. The smallest absolute Gasteiger partial charge is 0.275 e. The van der Waals surface area contributed by atoms with Gasteiger partial charge in [-0.05, 0) is 30.3 Å². The van der Waals surface area contributed by atoms with Crippen LogP contribution in [-0.4, -0.2) is 21.7 Å². The number of hydrogen-bond donors (Lipinski definition) is 1. The molecule has 2 aromatic heterocycles. The molecule has 0 fully saturated rings. The van der Waals surface area contributed by atoms with Gasteiger partial charge in [0.2, 0.25) is 0 Å². The zero-order valence-electron chi connectivity index (χ0n) is 9.95. The Bertz CT molecular complexity index is 662. The van der Waals surface area contributed by atoms with Gasteiger partial charge < -0.3 is 5.32 Å². The van der Waals surface area contributed by atoms with Gasteiger partial charge in [-0.3, -0.25) is 14.8 Å². The monoisotopic (exact) mass is 250 g/mol. The lowest BCUT2D eigenvalue weighted by Crippen LogP contribution is -2.24. The predicted octanol–water partition coefficient (Wildman–Crippen LogP) is 1.39. The quantitative estimate of drug-likeness (QED) is 0.819. The standard InChI is InChI=1S/C14H10N4O/c19-14-12(9-11-3-1-2-6-16-11)17-13(18-14)10-4-7-15-8-5-10/h1-9H,(H,17,18,19)/b12-9+. The van der Waals surface area contributed by atoms with Gasteiger partial charge in [-0.25, -0.2) is 4.99 Å². The SMILES string of the molecule is O=C1NC(c2ccncc2)=N/C1=C/c1ccccn1. The Kier molecular flexibility index (Phi) is 2.86. The molecule has 0 atom stereocenters. The summed E-state index contributed by atoms with van der Waals surface area (Å²) in [5.74, 6) is 0.312. The van der Waals surface area contributed by atoms with Crippen LogP contribution in [0.3, 0.4) is 0 Å². The fourth-order valence-electron chi connectivity index (χ4n) is 1.72. The van der Waals surface area contributed by atoms with Gasteiger partial charge in [0.1, 0.15) is 11.5 Å². The highest BCUT2D eigenvalue weighted by Gasteiger charge is 2.20. The van der Waals surface area contributed by atoms with Crippen LogP contribution in [0.1, 0.15) is 11.3 Å². The van der Waals surface area contributed by atoms with Crippen molar-refractivity contribution in [2.24, 2.45) is 4.99 Å². The Balaban J connectivity index is 1.94. The molecule has 0 spiro atoms. The first-order valence-corrected chi connectivity index (χ1v) is 5.76. The van der Waals surface area contributed by atoms with E-state index >= 15 is 0 Å². The number of aromatic nitrogens is 2. The zero-order valence-corrected chi connectivity index (χ0v) is 9.95. The Morgan fingerprint density at radius 3 is 2.63 bits per heavy atom. The molecule has 92 valence electrons. The van der Waals surface area contributed by atoms with Gasteiger partial charge in [0.25, 0.3) is 5.91 Å². The molecule has 0 saturated carbocycles. The highest BCUT2D eigenvalue weighted by atomic mass is 16.2. The first-order chi connectivity index (χ1) is 9.33. The highest BCUT2D eigenvalue weighted by Crippen LogP contribution is 2.13. The van der Waals surface area contributed by atoms with Crippen LogP contribution in [0, 0.1) is 0 Å². The van der Waals surface area contributed by atoms with E-state index in [0.29, 0.717) is 17.2 Å². The van der Waals surface area contributed by atoms with Gasteiger partial charge >= 0.3 is 0 Å². The van der Waals surface area contributed by atoms with Gasteiger partial charge in [-0.15, -0.1) is 0 Å². The molecule has 0 aliphatic carbocycles. The number of nitrogens with zero attached hydrogens (tertiary/aromatic N) is 3. The number of hydrogen-bond acceptors (Lipinski definition) is 4. The van der Waals surface area contributed by atoms with Crippen molar-refractivity contribution in [1.29, 1.82) is 0 Å². The zero-order chi connectivity index (χ0) is 13.1. The van der Waals surface area contributed by atoms with Crippen molar-refractivity contribution < 1.29 is 4.79 Å². The molecule has 1 aliphatic heterocycles. The highest BCUT2D eigenvalue weighted by molar-refractivity contribution is 6.19. The minimum absolute atomic E-state index is 0.225. The lowest BCUT2D eigenvalue weighted by Gasteiger charge is -1.97. The summed E-state index contributed by atoms with van der Waals surface area (Å²) in [6.45, 7) is 0. The molecule has 2 aromatic rings. The first-order valence-electron chi connectivity index (χ1n) is 5.76. The topological polar surface area (TPSA) is 67.2 Å². The third kappa shape index (κ3) is 2.40. The molecule has 5 nitrogen and oxygen atoms in total. The van der Waals surface area contributed by atoms with E-state index in [1.165, 1.54) is 0 Å². The van der Waals surface area contributed by atoms with Gasteiger partial charge in [0.15, 0.2) is 0 Å². The molecule has 3 heterocycles. The Morgan fingerprint density at radius 2 is 1.89 bits per heavy atom. The molecule has 0 aromatic carbocycles. The van der Waals surface area contributed by atoms with Crippen LogP contribution in [0.15, 0.2) is 59.6 Å². The van der Waals surface area contributed by atoms with E-state index in [4.69, 9.17) is 0 Å². The van der Waals surface area contributed by atoms with E-state index in [0.717, 1.165) is 5.56 Å². The third-order valence-electron chi connectivity index (χ3n) is 2.62. The maximum absolute atomic E-state index is 11.8. The average Bonchev–Trinajstić information content (AvgIpc) is 2.82. The van der Waals surface area contributed by atoms with Crippen LogP contribution >= 0.6 is 0 Å². The molecular formula is C14H10N4O. The maximum Gasteiger partial charge on any atom is 0.275 e. The van der Waals surface area contributed by atoms with Crippen molar-refractivity contribution in [3.63, 3.8) is 0 Å². The van der Waals surface area contributed by atoms with Crippen molar-refractivity contribution in [3.8, 4) is 0 Å². The van der Waals surface area contributed by atoms with Crippen molar-refractivity contribution in [2.75, 3.05) is 0 Å². The fraction of sp³-hybridized carbons (Fsp3) is 0. The number of pyridine rings is 2. The Hall–Kier alpha value is -2.82. The van der Waals surface area contributed by atoms with Gasteiger partial charge in [-0.2, -0.15) is 0 Å². The van der Waals surface area contributed by atoms with Crippen LogP contribution < -0.4 is 5.32 Å². The summed E-state index contributed by atoms with van der Waals surface area (Å²) in [6, 6.07) is 9.09. The lowest BCUT2D eigenvalue weighted by molar-refractivity contribution is -0.115. The second kappa shape index (κ2) is 4.81. The van der Waals surface area contributed by atoms with Crippen LogP contribution in [0.2, 0.25) is 0 Å². The molecular weight excluding hydrogens is 240 g/mol. The molecule has 5 heteroatoms. The second-order valence-corrected chi connectivity index (χ2v) is 3.93. The molecule has 0 unspecified atom stereocenters. The number of aliphatic imine (C=N–C) groups is 1. The first kappa shape index (κ1) is 11.3. The van der Waals surface area contributed by atoms with Crippen molar-refractivity contribution in [2.45, 2.75) is 0 Å². The average molecular weight is 250 g/mol. The molecule has 1 amide bonds. The number of carbonyl (C=O) groups is 1. The van der Waals surface area contributed by atoms with Crippen LogP contribution in [0.25, 0.3) is 6.08 Å². The molecule has 1 aliphatic rings. The third-order valence-corrected chi connectivity index (χ3v) is 2.62. The van der Waals surface area contributed by atoms with E-state index < -0.39 is 0 Å². The van der Waals surface area contributed by atoms with E-state index in [2.05, 4.69) is 20.3 Å². The van der Waals surface area contributed by atoms with Crippen LogP contribution in [-0.2, 0) is 4.79 Å². The van der Waals surface area contributed by atoms with E-state index in [1.807, 2.05) is 18.2 Å². The molecule has 1 N–H and O–H groups in total. The molecule has 19 heavy (non-hydrogen) atoms. The predicted molar refractivity (Wildman–Crippen MR) is 71.1 cm³/mol. The van der Waals surface area contributed by atoms with Crippen molar-refractivity contribution >= 4 is 17.8 Å². The van der Waals surface area contributed by atoms with Gasteiger partial charge in [0.05, 0.1) is 5.69 Å². The number of nitrogens with one attached hydrogen (secondary N) is 1. The normalized spacial score (nSPS) is 16.3. The molecule has 0 radical (unpaired) electrons. The minimum Gasteiger partial charge on any atom is -0.305 e. The maximum atomic E-state index is 11.8. The Morgan fingerprint density at radius 1 is 1.05 bits per heavy atom. The summed E-state index contributed by atoms with van der Waals surface area (Å²) in [6.07, 6.45) is 6.64. The van der Waals surface area contributed by atoms with Gasteiger partial charge in [-0.1, -0.05) is 6.07 Å². The molecule has 3 rings (SSSR count). The van der Waals surface area contributed by atoms with Crippen LogP contribution in [0.5, 0.6) is 0 Å². The summed E-state index contributed by atoms with van der Waals surface area (Å²) in [5, 5.41) is 2.73. The summed E-state index contributed by atoms with van der Waals surface area (Å²) < 4.78 is 0. The summed E-state index contributed by atoms with van der Waals surface area (Å²) in [7, 11) is 0. The van der Waals surface area contributed by atoms with E-state index in [-0.39, 0.29) is 5.91 Å². The largest absolute Gasteiger partial charge is 0.305 e. The van der Waals surface area contributed by atoms with E-state index in [9.17, 15) is 4.79 Å². The van der Waals surface area contributed by atoms with Crippen molar-refractivity contribution in [3.05, 3.63) is 65.9 Å². The summed E-state index contributed by atoms with van der Waals surface area (Å²) >= 11 is 0. The van der Waals surface area contributed by atoms with Gasteiger partial charge in [0, 0.05) is 24.2 Å². The number of rotatable bonds is 2. The lowest BCUT2D eigenvalue weighted by atomic mass is 10.2. The van der Waals surface area contributed by atoms with Crippen molar-refractivity contribution in [1.82, 2.24) is 15.3 Å². The van der Waals surface area contributed by atoms with E-state index in [1.54, 1.807) is 36.8 Å². The fourth-order valence-corrected chi connectivity index (χ4v) is 1.72. The number of carbonyl (C=O) groups excluding carboxylic acids is 1. The summed E-state index contributed by atoms with van der Waals surface area (Å²) in [5.41, 5.74) is 1.88.